The highest BCUT2D eigenvalue weighted by Crippen LogP contribution is 2.33. The summed E-state index contributed by atoms with van der Waals surface area (Å²) in [7, 11) is 0. The Labute approximate surface area is 84.3 Å². The van der Waals surface area contributed by atoms with Gasteiger partial charge >= 0.3 is 0 Å². The van der Waals surface area contributed by atoms with E-state index < -0.39 is 5.41 Å². The van der Waals surface area contributed by atoms with E-state index in [1.807, 2.05) is 13.8 Å². The quantitative estimate of drug-likeness (QED) is 0.787. The third-order valence-electron chi connectivity index (χ3n) is 2.11. The van der Waals surface area contributed by atoms with Gasteiger partial charge < -0.3 is 5.73 Å². The second-order valence-corrected chi connectivity index (χ2v) is 4.10. The van der Waals surface area contributed by atoms with Crippen LogP contribution in [0.15, 0.2) is 24.5 Å². The van der Waals surface area contributed by atoms with Crippen molar-refractivity contribution >= 4 is 5.91 Å². The Morgan fingerprint density at radius 2 is 2.00 bits per heavy atom. The molecule has 1 heterocycles. The molecule has 0 bridgehead atoms. The lowest BCUT2D eigenvalue weighted by molar-refractivity contribution is -0.121. The van der Waals surface area contributed by atoms with E-state index in [4.69, 9.17) is 5.73 Å². The van der Waals surface area contributed by atoms with Gasteiger partial charge in [-0.05, 0) is 30.0 Å². The van der Waals surface area contributed by atoms with Crippen LogP contribution in [0.25, 0.3) is 0 Å². The highest BCUT2D eigenvalue weighted by molar-refractivity contribution is 5.82. The van der Waals surface area contributed by atoms with Crippen LogP contribution in [-0.4, -0.2) is 10.9 Å². The Morgan fingerprint density at radius 1 is 1.50 bits per heavy atom. The Bertz CT molecular complexity index is 314. The van der Waals surface area contributed by atoms with Gasteiger partial charge in [-0.1, -0.05) is 13.8 Å². The highest BCUT2D eigenvalue weighted by atomic mass is 16.1. The average molecular weight is 191 g/mol. The maximum absolute atomic E-state index is 11.3. The van der Waals surface area contributed by atoms with Crippen LogP contribution in [0.1, 0.15) is 25.3 Å². The molecule has 0 spiro atoms. The molecule has 2 N–H and O–H groups in total. The van der Waals surface area contributed by atoms with Crippen molar-refractivity contribution < 1.29 is 4.79 Å². The van der Waals surface area contributed by atoms with Gasteiger partial charge in [0.1, 0.15) is 0 Å². The predicted octanol–water partition coefficient (Wildman–Crippen LogP) is 1.51. The van der Waals surface area contributed by atoms with E-state index in [1.165, 1.54) is 0 Å². The smallest absolute Gasteiger partial charge is 0.225 e. The molecule has 1 aromatic rings. The zero-order valence-electron chi connectivity index (χ0n) is 8.53. The van der Waals surface area contributed by atoms with Gasteiger partial charge in [-0.25, -0.2) is 0 Å². The fourth-order valence-corrected chi connectivity index (χ4v) is 1.56. The van der Waals surface area contributed by atoms with Crippen molar-refractivity contribution in [3.05, 3.63) is 37.0 Å². The highest BCUT2D eigenvalue weighted by Gasteiger charge is 2.30. The van der Waals surface area contributed by atoms with Crippen molar-refractivity contribution in [1.82, 2.24) is 4.98 Å². The number of hydrogen-bond acceptors (Lipinski definition) is 2. The molecule has 1 radical (unpaired) electrons. The molecule has 0 aliphatic carbocycles. The lowest BCUT2D eigenvalue weighted by Gasteiger charge is -2.27. The van der Waals surface area contributed by atoms with E-state index in [-0.39, 0.29) is 11.8 Å². The topological polar surface area (TPSA) is 56.0 Å². The van der Waals surface area contributed by atoms with Gasteiger partial charge in [-0.15, -0.1) is 0 Å². The molecular formula is C11H15N2O. The maximum atomic E-state index is 11.3. The van der Waals surface area contributed by atoms with Crippen LogP contribution in [0.4, 0.5) is 0 Å². The summed E-state index contributed by atoms with van der Waals surface area (Å²) in [5.41, 5.74) is 5.81. The van der Waals surface area contributed by atoms with Gasteiger partial charge in [0.15, 0.2) is 0 Å². The van der Waals surface area contributed by atoms with Crippen molar-refractivity contribution in [2.24, 2.45) is 11.1 Å². The molecule has 0 saturated carbocycles. The minimum absolute atomic E-state index is 0.351. The average Bonchev–Trinajstić information content (AvgIpc) is 2.02. The molecule has 14 heavy (non-hydrogen) atoms. The fourth-order valence-electron chi connectivity index (χ4n) is 1.56. The summed E-state index contributed by atoms with van der Waals surface area (Å²) in [6.07, 6.45) is 3.30. The van der Waals surface area contributed by atoms with E-state index in [9.17, 15) is 4.79 Å². The summed E-state index contributed by atoms with van der Waals surface area (Å²) in [5.74, 6) is -0.721. The second kappa shape index (κ2) is 3.78. The molecule has 3 nitrogen and oxygen atoms in total. The normalized spacial score (nSPS) is 13.6. The van der Waals surface area contributed by atoms with E-state index in [0.29, 0.717) is 0 Å². The van der Waals surface area contributed by atoms with Crippen molar-refractivity contribution in [2.45, 2.75) is 19.8 Å². The number of carbonyl (C=O) groups is 1. The summed E-state index contributed by atoms with van der Waals surface area (Å²) >= 11 is 0. The van der Waals surface area contributed by atoms with Crippen molar-refractivity contribution in [3.63, 3.8) is 0 Å². The maximum Gasteiger partial charge on any atom is 0.225 e. The lowest BCUT2D eigenvalue weighted by atomic mass is 9.76. The summed E-state index contributed by atoms with van der Waals surface area (Å²) in [5, 5.41) is 0. The summed E-state index contributed by atoms with van der Waals surface area (Å²) in [6, 6.07) is 3.59. The molecule has 1 amide bonds. The molecule has 3 heteroatoms. The van der Waals surface area contributed by atoms with Gasteiger partial charge in [0.25, 0.3) is 0 Å². The third kappa shape index (κ3) is 2.31. The second-order valence-electron chi connectivity index (χ2n) is 4.10. The Morgan fingerprint density at radius 3 is 2.36 bits per heavy atom. The molecule has 0 aliphatic heterocycles. The molecule has 1 rings (SSSR count). The van der Waals surface area contributed by atoms with E-state index in [2.05, 4.69) is 11.9 Å². The monoisotopic (exact) mass is 191 g/mol. The number of primary amides is 1. The SMILES string of the molecule is [CH2]C(C)(C)C(C(N)=O)c1ccncc1. The van der Waals surface area contributed by atoms with Gasteiger partial charge in [0.05, 0.1) is 5.92 Å². The molecule has 1 unspecified atom stereocenters. The fraction of sp³-hybridized carbons (Fsp3) is 0.364. The minimum Gasteiger partial charge on any atom is -0.369 e. The van der Waals surface area contributed by atoms with Gasteiger partial charge in [-0.3, -0.25) is 9.78 Å². The predicted molar refractivity (Wildman–Crippen MR) is 55.3 cm³/mol. The number of aromatic nitrogens is 1. The number of nitrogens with zero attached hydrogens (tertiary/aromatic N) is 1. The van der Waals surface area contributed by atoms with Gasteiger partial charge in [0.2, 0.25) is 5.91 Å². The molecule has 0 fully saturated rings. The largest absolute Gasteiger partial charge is 0.369 e. The molecule has 0 aromatic carbocycles. The summed E-state index contributed by atoms with van der Waals surface area (Å²) < 4.78 is 0. The molecule has 0 aliphatic rings. The third-order valence-corrected chi connectivity index (χ3v) is 2.11. The van der Waals surface area contributed by atoms with Crippen molar-refractivity contribution in [2.75, 3.05) is 0 Å². The number of carbonyl (C=O) groups excluding carboxylic acids is 1. The van der Waals surface area contributed by atoms with Crippen LogP contribution in [0.5, 0.6) is 0 Å². The van der Waals surface area contributed by atoms with Crippen LogP contribution in [0.2, 0.25) is 0 Å². The number of pyridine rings is 1. The molecule has 75 valence electrons. The number of nitrogens with two attached hydrogens (primary N) is 1. The van der Waals surface area contributed by atoms with E-state index >= 15 is 0 Å². The van der Waals surface area contributed by atoms with E-state index in [0.717, 1.165) is 5.56 Å². The van der Waals surface area contributed by atoms with Crippen LogP contribution in [0, 0.1) is 12.3 Å². The van der Waals surface area contributed by atoms with Crippen molar-refractivity contribution in [1.29, 1.82) is 0 Å². The first-order chi connectivity index (χ1) is 6.43. The number of amides is 1. The van der Waals surface area contributed by atoms with Crippen molar-refractivity contribution in [3.8, 4) is 0 Å². The van der Waals surface area contributed by atoms with Crippen LogP contribution in [-0.2, 0) is 4.79 Å². The standard InChI is InChI=1S/C11H15N2O/c1-11(2,3)9(10(12)14)8-4-6-13-7-5-8/h4-7,9H,1H2,2-3H3,(H2,12,14). The minimum atomic E-state index is -0.410. The molecule has 0 saturated heterocycles. The van der Waals surface area contributed by atoms with Crippen LogP contribution < -0.4 is 5.73 Å². The first-order valence-electron chi connectivity index (χ1n) is 4.47. The Kier molecular flexibility index (Phi) is 2.89. The summed E-state index contributed by atoms with van der Waals surface area (Å²) in [4.78, 5) is 15.2. The first-order valence-corrected chi connectivity index (χ1v) is 4.47. The van der Waals surface area contributed by atoms with Gasteiger partial charge in [0, 0.05) is 12.4 Å². The van der Waals surface area contributed by atoms with Crippen LogP contribution in [0.3, 0.4) is 0 Å². The Balaban J connectivity index is 3.08. The summed E-state index contributed by atoms with van der Waals surface area (Å²) in [6.45, 7) is 7.73. The number of hydrogen-bond donors (Lipinski definition) is 1. The zero-order valence-corrected chi connectivity index (χ0v) is 8.53. The first kappa shape index (κ1) is 10.7. The Hall–Kier alpha value is -1.38. The molecule has 1 atom stereocenters. The van der Waals surface area contributed by atoms with Gasteiger partial charge in [-0.2, -0.15) is 0 Å². The zero-order chi connectivity index (χ0) is 10.8. The number of rotatable bonds is 3. The van der Waals surface area contributed by atoms with E-state index in [1.54, 1.807) is 24.5 Å². The van der Waals surface area contributed by atoms with Crippen LogP contribution >= 0.6 is 0 Å². The molecule has 1 aromatic heterocycles. The molecular weight excluding hydrogens is 176 g/mol. The lowest BCUT2D eigenvalue weighted by Crippen LogP contribution is -2.31.